The van der Waals surface area contributed by atoms with Gasteiger partial charge in [-0.25, -0.2) is 0 Å². The number of methoxy groups -OCH3 is 2. The first kappa shape index (κ1) is 23.9. The summed E-state index contributed by atoms with van der Waals surface area (Å²) in [6, 6.07) is 22.7. The molecule has 0 aliphatic carbocycles. The highest BCUT2D eigenvalue weighted by Gasteiger charge is 2.16. The standard InChI is InChI=1S/C26H29NO6/c1-27(18-26(28)29)16-15-23(19-7-5-4-6-8-19)33-21-11-9-20(10-12-21)32-22-13-14-24(30-2)25(17-22)31-3/h4-14,17,23H,15-16,18H2,1-3H3,(H,28,29). The van der Waals surface area contributed by atoms with Gasteiger partial charge in [0, 0.05) is 19.0 Å². The second-order valence-electron chi connectivity index (χ2n) is 7.53. The van der Waals surface area contributed by atoms with Crippen LogP contribution in [-0.4, -0.2) is 50.3 Å². The zero-order valence-electron chi connectivity index (χ0n) is 19.1. The molecule has 3 aromatic carbocycles. The summed E-state index contributed by atoms with van der Waals surface area (Å²) >= 11 is 0. The van der Waals surface area contributed by atoms with Crippen molar-refractivity contribution in [2.75, 3.05) is 34.4 Å². The van der Waals surface area contributed by atoms with E-state index in [1.54, 1.807) is 38.3 Å². The number of likely N-dealkylation sites (N-methyl/N-ethyl adjacent to an activating group) is 1. The molecule has 0 bridgehead atoms. The first-order chi connectivity index (χ1) is 16.0. The zero-order chi connectivity index (χ0) is 23.6. The van der Waals surface area contributed by atoms with Gasteiger partial charge in [0.1, 0.15) is 23.4 Å². The summed E-state index contributed by atoms with van der Waals surface area (Å²) in [6.45, 7) is 0.579. The highest BCUT2D eigenvalue weighted by Crippen LogP contribution is 2.34. The molecule has 1 atom stereocenters. The number of hydrogen-bond acceptors (Lipinski definition) is 6. The van der Waals surface area contributed by atoms with E-state index in [-0.39, 0.29) is 12.6 Å². The van der Waals surface area contributed by atoms with E-state index in [0.29, 0.717) is 41.7 Å². The molecule has 0 saturated heterocycles. The van der Waals surface area contributed by atoms with Crippen LogP contribution in [0.25, 0.3) is 0 Å². The van der Waals surface area contributed by atoms with Crippen molar-refractivity contribution in [2.45, 2.75) is 12.5 Å². The molecular formula is C26H29NO6. The highest BCUT2D eigenvalue weighted by molar-refractivity contribution is 5.69. The van der Waals surface area contributed by atoms with Gasteiger partial charge >= 0.3 is 5.97 Å². The third-order valence-corrected chi connectivity index (χ3v) is 5.04. The van der Waals surface area contributed by atoms with E-state index in [0.717, 1.165) is 5.56 Å². The maximum atomic E-state index is 10.9. The Morgan fingerprint density at radius 2 is 1.52 bits per heavy atom. The Bertz CT molecular complexity index is 1020. The fourth-order valence-electron chi connectivity index (χ4n) is 3.38. The number of carboxylic acid groups (broad SMARTS) is 1. The van der Waals surface area contributed by atoms with Crippen molar-refractivity contribution < 1.29 is 28.8 Å². The maximum Gasteiger partial charge on any atom is 0.317 e. The SMILES string of the molecule is COc1ccc(Oc2ccc(OC(CCN(C)CC(=O)O)c3ccccc3)cc2)cc1OC. The van der Waals surface area contributed by atoms with E-state index in [1.165, 1.54) is 0 Å². The van der Waals surface area contributed by atoms with Crippen molar-refractivity contribution >= 4 is 5.97 Å². The van der Waals surface area contributed by atoms with Gasteiger partial charge in [-0.2, -0.15) is 0 Å². The number of hydrogen-bond donors (Lipinski definition) is 1. The van der Waals surface area contributed by atoms with Gasteiger partial charge in [-0.05, 0) is 49.0 Å². The topological polar surface area (TPSA) is 77.5 Å². The van der Waals surface area contributed by atoms with Crippen LogP contribution in [0.5, 0.6) is 28.7 Å². The van der Waals surface area contributed by atoms with E-state index < -0.39 is 5.97 Å². The summed E-state index contributed by atoms with van der Waals surface area (Å²) in [6.07, 6.45) is 0.442. The zero-order valence-corrected chi connectivity index (χ0v) is 19.1. The van der Waals surface area contributed by atoms with Crippen molar-refractivity contribution in [2.24, 2.45) is 0 Å². The summed E-state index contributed by atoms with van der Waals surface area (Å²) in [5.74, 6) is 2.36. The minimum atomic E-state index is -0.847. The minimum Gasteiger partial charge on any atom is -0.493 e. The molecule has 7 nitrogen and oxygen atoms in total. The lowest BCUT2D eigenvalue weighted by Crippen LogP contribution is -2.28. The normalized spacial score (nSPS) is 11.6. The number of rotatable bonds is 12. The third kappa shape index (κ3) is 7.15. The summed E-state index contributed by atoms with van der Waals surface area (Å²) < 4.78 is 22.8. The summed E-state index contributed by atoms with van der Waals surface area (Å²) in [7, 11) is 4.96. The van der Waals surface area contributed by atoms with Gasteiger partial charge in [0.15, 0.2) is 11.5 Å². The van der Waals surface area contributed by atoms with Gasteiger partial charge < -0.3 is 24.1 Å². The van der Waals surface area contributed by atoms with Crippen molar-refractivity contribution in [1.29, 1.82) is 0 Å². The quantitative estimate of drug-likeness (QED) is 0.414. The third-order valence-electron chi connectivity index (χ3n) is 5.04. The molecule has 3 rings (SSSR count). The summed E-state index contributed by atoms with van der Waals surface area (Å²) in [4.78, 5) is 12.7. The predicted molar refractivity (Wildman–Crippen MR) is 126 cm³/mol. The molecule has 0 aromatic heterocycles. The molecule has 1 unspecified atom stereocenters. The average molecular weight is 452 g/mol. The van der Waals surface area contributed by atoms with Crippen molar-refractivity contribution in [3.05, 3.63) is 78.4 Å². The van der Waals surface area contributed by atoms with Crippen LogP contribution in [0, 0.1) is 0 Å². The molecule has 1 N–H and O–H groups in total. The molecular weight excluding hydrogens is 422 g/mol. The lowest BCUT2D eigenvalue weighted by Gasteiger charge is -2.22. The number of carbonyl (C=O) groups is 1. The molecule has 0 amide bonds. The Morgan fingerprint density at radius 3 is 2.15 bits per heavy atom. The van der Waals surface area contributed by atoms with Crippen LogP contribution in [0.1, 0.15) is 18.1 Å². The molecule has 0 fully saturated rings. The Balaban J connectivity index is 1.67. The second kappa shape index (κ2) is 11.8. The van der Waals surface area contributed by atoms with E-state index in [4.69, 9.17) is 24.1 Å². The van der Waals surface area contributed by atoms with Gasteiger partial charge in [0.2, 0.25) is 0 Å². The Labute approximate surface area is 194 Å². The van der Waals surface area contributed by atoms with Crippen LogP contribution in [0.3, 0.4) is 0 Å². The molecule has 0 radical (unpaired) electrons. The number of nitrogens with zero attached hydrogens (tertiary/aromatic N) is 1. The van der Waals surface area contributed by atoms with Crippen molar-refractivity contribution in [3.8, 4) is 28.7 Å². The van der Waals surface area contributed by atoms with Crippen molar-refractivity contribution in [3.63, 3.8) is 0 Å². The number of ether oxygens (including phenoxy) is 4. The second-order valence-corrected chi connectivity index (χ2v) is 7.53. The summed E-state index contributed by atoms with van der Waals surface area (Å²) in [5, 5.41) is 8.99. The van der Waals surface area contributed by atoms with Gasteiger partial charge in [-0.15, -0.1) is 0 Å². The summed E-state index contributed by atoms with van der Waals surface area (Å²) in [5.41, 5.74) is 1.03. The monoisotopic (exact) mass is 451 g/mol. The Kier molecular flexibility index (Phi) is 8.55. The fraction of sp³-hybridized carbons (Fsp3) is 0.269. The van der Waals surface area contributed by atoms with Crippen LogP contribution < -0.4 is 18.9 Å². The smallest absolute Gasteiger partial charge is 0.317 e. The first-order valence-corrected chi connectivity index (χ1v) is 10.6. The number of carboxylic acids is 1. The van der Waals surface area contributed by atoms with Gasteiger partial charge in [-0.3, -0.25) is 9.69 Å². The molecule has 0 aliphatic rings. The maximum absolute atomic E-state index is 10.9. The van der Waals surface area contributed by atoms with Crippen LogP contribution in [0.15, 0.2) is 72.8 Å². The lowest BCUT2D eigenvalue weighted by molar-refractivity contribution is -0.138. The van der Waals surface area contributed by atoms with Gasteiger partial charge in [0.05, 0.1) is 20.8 Å². The largest absolute Gasteiger partial charge is 0.493 e. The molecule has 3 aromatic rings. The van der Waals surface area contributed by atoms with Crippen LogP contribution in [-0.2, 0) is 4.79 Å². The highest BCUT2D eigenvalue weighted by atomic mass is 16.5. The predicted octanol–water partition coefficient (Wildman–Crippen LogP) is 5.02. The van der Waals surface area contributed by atoms with Gasteiger partial charge in [0.25, 0.3) is 0 Å². The molecule has 0 spiro atoms. The van der Waals surface area contributed by atoms with Crippen molar-refractivity contribution in [1.82, 2.24) is 4.90 Å². The number of benzene rings is 3. The van der Waals surface area contributed by atoms with E-state index in [1.807, 2.05) is 60.7 Å². The minimum absolute atomic E-state index is 0.0102. The molecule has 33 heavy (non-hydrogen) atoms. The first-order valence-electron chi connectivity index (χ1n) is 10.6. The fourth-order valence-corrected chi connectivity index (χ4v) is 3.38. The van der Waals surface area contributed by atoms with E-state index in [9.17, 15) is 4.79 Å². The van der Waals surface area contributed by atoms with Crippen LogP contribution >= 0.6 is 0 Å². The average Bonchev–Trinajstić information content (AvgIpc) is 2.82. The van der Waals surface area contributed by atoms with E-state index in [2.05, 4.69) is 0 Å². The lowest BCUT2D eigenvalue weighted by atomic mass is 10.1. The van der Waals surface area contributed by atoms with E-state index >= 15 is 0 Å². The molecule has 7 heteroatoms. The Morgan fingerprint density at radius 1 is 0.879 bits per heavy atom. The molecule has 174 valence electrons. The molecule has 0 heterocycles. The Hall–Kier alpha value is -3.71. The molecule has 0 aliphatic heterocycles. The van der Waals surface area contributed by atoms with Crippen LogP contribution in [0.2, 0.25) is 0 Å². The van der Waals surface area contributed by atoms with Gasteiger partial charge in [-0.1, -0.05) is 30.3 Å². The van der Waals surface area contributed by atoms with Crippen LogP contribution in [0.4, 0.5) is 0 Å². The number of aliphatic carboxylic acids is 1. The molecule has 0 saturated carbocycles.